The van der Waals surface area contributed by atoms with Crippen LogP contribution in [-0.4, -0.2) is 19.1 Å². The smallest absolute Gasteiger partial charge is 0.180 e. The lowest BCUT2D eigenvalue weighted by Gasteiger charge is -2.11. The second kappa shape index (κ2) is 13.6. The van der Waals surface area contributed by atoms with Gasteiger partial charge in [-0.1, -0.05) is 121 Å². The van der Waals surface area contributed by atoms with Gasteiger partial charge in [0.15, 0.2) is 5.58 Å². The maximum atomic E-state index is 6.74. The van der Waals surface area contributed by atoms with E-state index in [1.54, 1.807) is 6.33 Å². The van der Waals surface area contributed by atoms with Crippen molar-refractivity contribution in [3.63, 3.8) is 0 Å². The molecule has 9 aromatic carbocycles. The molecule has 0 N–H and O–H groups in total. The molecule has 0 radical (unpaired) electrons. The molecule has 0 aliphatic heterocycles. The van der Waals surface area contributed by atoms with Crippen LogP contribution in [-0.2, 0) is 0 Å². The molecule has 0 saturated carbocycles. The first-order chi connectivity index (χ1) is 31.7. The Balaban J connectivity index is 0.875. The molecule has 298 valence electrons. The highest BCUT2D eigenvalue weighted by Gasteiger charge is 2.20. The van der Waals surface area contributed by atoms with Gasteiger partial charge in [-0.05, 0) is 101 Å². The molecule has 0 bridgehead atoms. The van der Waals surface area contributed by atoms with Gasteiger partial charge in [0.25, 0.3) is 0 Å². The summed E-state index contributed by atoms with van der Waals surface area (Å²) in [5.74, 6) is 0. The third-order valence-corrected chi connectivity index (χ3v) is 14.3. The minimum Gasteiger partial charge on any atom is -0.452 e. The van der Waals surface area contributed by atoms with E-state index in [2.05, 4.69) is 209 Å². The van der Waals surface area contributed by atoms with Crippen LogP contribution in [0.2, 0.25) is 0 Å². The molecular weight excluding hydrogens is 801 g/mol. The standard InChI is InChI=1S/C58H34N4OS/c1-2-13-39(14-3-1)61-49-21-7-4-16-42(49)47-31-35(25-28-51(47)61)36-26-29-52-48(32-36)43-17-5-8-22-50(43)62(52)40-15-10-12-38(30-40)55-57-56(60-34-59-55)46-27-24-37(33-53(46)63-57)41-19-11-20-45-44-18-6-9-23-54(44)64-58(41)45/h1-34H. The molecule has 0 fully saturated rings. The Morgan fingerprint density at radius 3 is 1.77 bits per heavy atom. The summed E-state index contributed by atoms with van der Waals surface area (Å²) in [6.07, 6.45) is 1.66. The number of furan rings is 1. The molecule has 0 amide bonds. The molecule has 6 heteroatoms. The van der Waals surface area contributed by atoms with E-state index in [-0.39, 0.29) is 0 Å². The topological polar surface area (TPSA) is 48.8 Å². The summed E-state index contributed by atoms with van der Waals surface area (Å²) >= 11 is 1.84. The fourth-order valence-corrected chi connectivity index (χ4v) is 11.4. The monoisotopic (exact) mass is 834 g/mol. The van der Waals surface area contributed by atoms with Crippen LogP contribution in [0.1, 0.15) is 0 Å². The molecule has 0 saturated heterocycles. The minimum atomic E-state index is 0.683. The van der Waals surface area contributed by atoms with Crippen molar-refractivity contribution in [2.24, 2.45) is 0 Å². The summed E-state index contributed by atoms with van der Waals surface area (Å²) in [6.45, 7) is 0. The Kier molecular flexibility index (Phi) is 7.49. The van der Waals surface area contributed by atoms with Gasteiger partial charge in [-0.15, -0.1) is 11.3 Å². The van der Waals surface area contributed by atoms with Gasteiger partial charge in [-0.25, -0.2) is 9.97 Å². The fraction of sp³-hybridized carbons (Fsp3) is 0. The lowest BCUT2D eigenvalue weighted by atomic mass is 10.0. The van der Waals surface area contributed by atoms with Crippen molar-refractivity contribution >= 4 is 97.2 Å². The van der Waals surface area contributed by atoms with Crippen molar-refractivity contribution in [2.45, 2.75) is 0 Å². The average molecular weight is 835 g/mol. The molecule has 0 aliphatic carbocycles. The van der Waals surface area contributed by atoms with E-state index in [4.69, 9.17) is 14.4 Å². The van der Waals surface area contributed by atoms with Gasteiger partial charge in [-0.2, -0.15) is 0 Å². The number of hydrogen-bond donors (Lipinski definition) is 0. The largest absolute Gasteiger partial charge is 0.452 e. The SMILES string of the molecule is c1ccc(-n2c3ccccc3c3cc(-c4ccc5c(c4)c4ccccc4n5-c4cccc(-c5ncnc6c5oc5cc(-c7cccc8c7sc7ccccc78)ccc56)c4)ccc32)cc1. The molecule has 0 unspecified atom stereocenters. The van der Waals surface area contributed by atoms with E-state index in [1.807, 2.05) is 11.3 Å². The van der Waals surface area contributed by atoms with Crippen LogP contribution in [0.3, 0.4) is 0 Å². The maximum absolute atomic E-state index is 6.74. The molecule has 0 spiro atoms. The van der Waals surface area contributed by atoms with Crippen molar-refractivity contribution in [3.8, 4) is 44.9 Å². The van der Waals surface area contributed by atoms with Crippen molar-refractivity contribution in [2.75, 3.05) is 0 Å². The van der Waals surface area contributed by atoms with Crippen molar-refractivity contribution in [1.29, 1.82) is 0 Å². The van der Waals surface area contributed by atoms with E-state index in [1.165, 1.54) is 69.4 Å². The number of para-hydroxylation sites is 3. The second-order valence-corrected chi connectivity index (χ2v) is 17.6. The van der Waals surface area contributed by atoms with Gasteiger partial charge in [0, 0.05) is 64.0 Å². The molecule has 0 atom stereocenters. The highest BCUT2D eigenvalue weighted by atomic mass is 32.1. The van der Waals surface area contributed by atoms with Crippen molar-refractivity contribution in [1.82, 2.24) is 19.1 Å². The van der Waals surface area contributed by atoms with Crippen LogP contribution in [0.4, 0.5) is 0 Å². The molecule has 5 heterocycles. The summed E-state index contributed by atoms with van der Waals surface area (Å²) in [4.78, 5) is 9.62. The average Bonchev–Trinajstić information content (AvgIpc) is 4.11. The quantitative estimate of drug-likeness (QED) is 0.174. The predicted molar refractivity (Wildman–Crippen MR) is 267 cm³/mol. The van der Waals surface area contributed by atoms with Crippen LogP contribution in [0, 0.1) is 0 Å². The number of fused-ring (bicyclic) bond motifs is 12. The number of rotatable bonds is 5. The molecule has 5 nitrogen and oxygen atoms in total. The molecule has 14 aromatic rings. The first kappa shape index (κ1) is 35.3. The normalized spacial score (nSPS) is 12.1. The van der Waals surface area contributed by atoms with Crippen molar-refractivity contribution in [3.05, 3.63) is 207 Å². The maximum Gasteiger partial charge on any atom is 0.180 e. The Morgan fingerprint density at radius 1 is 0.391 bits per heavy atom. The molecule has 0 aliphatic rings. The molecular formula is C58H34N4OS. The number of aromatic nitrogens is 4. The second-order valence-electron chi connectivity index (χ2n) is 16.5. The van der Waals surface area contributed by atoms with Gasteiger partial charge >= 0.3 is 0 Å². The highest BCUT2D eigenvalue weighted by molar-refractivity contribution is 7.26. The Bertz CT molecular complexity index is 4210. The van der Waals surface area contributed by atoms with Gasteiger partial charge in [0.05, 0.1) is 22.1 Å². The van der Waals surface area contributed by atoms with Gasteiger partial charge in [-0.3, -0.25) is 0 Å². The zero-order valence-electron chi connectivity index (χ0n) is 34.2. The van der Waals surface area contributed by atoms with E-state index >= 15 is 0 Å². The molecule has 5 aromatic heterocycles. The first-order valence-electron chi connectivity index (χ1n) is 21.5. The highest BCUT2D eigenvalue weighted by Crippen LogP contribution is 2.43. The summed E-state index contributed by atoms with van der Waals surface area (Å²) in [7, 11) is 0. The lowest BCUT2D eigenvalue weighted by Crippen LogP contribution is -1.95. The third kappa shape index (κ3) is 5.17. The summed E-state index contributed by atoms with van der Waals surface area (Å²) in [5.41, 5.74) is 15.6. The van der Waals surface area contributed by atoms with E-state index < -0.39 is 0 Å². The Morgan fingerprint density at radius 2 is 1.00 bits per heavy atom. The number of thiophene rings is 1. The van der Waals surface area contributed by atoms with Crippen LogP contribution < -0.4 is 0 Å². The Hall–Kier alpha value is -8.32. The Labute approximate surface area is 370 Å². The zero-order chi connectivity index (χ0) is 41.9. The molecule has 64 heavy (non-hydrogen) atoms. The van der Waals surface area contributed by atoms with Gasteiger partial charge in [0.2, 0.25) is 0 Å². The van der Waals surface area contributed by atoms with Gasteiger partial charge < -0.3 is 13.6 Å². The van der Waals surface area contributed by atoms with Crippen LogP contribution in [0.25, 0.3) is 131 Å². The van der Waals surface area contributed by atoms with E-state index in [0.717, 1.165) is 55.7 Å². The predicted octanol–water partition coefficient (Wildman–Crippen LogP) is 15.9. The van der Waals surface area contributed by atoms with Gasteiger partial charge in [0.1, 0.15) is 23.1 Å². The summed E-state index contributed by atoms with van der Waals surface area (Å²) in [5, 5.41) is 8.44. The fourth-order valence-electron chi connectivity index (χ4n) is 10.2. The van der Waals surface area contributed by atoms with Crippen LogP contribution >= 0.6 is 11.3 Å². The lowest BCUT2D eigenvalue weighted by molar-refractivity contribution is 0.667. The van der Waals surface area contributed by atoms with E-state index in [0.29, 0.717) is 5.58 Å². The van der Waals surface area contributed by atoms with Crippen molar-refractivity contribution < 1.29 is 4.42 Å². The van der Waals surface area contributed by atoms with E-state index in [9.17, 15) is 0 Å². The first-order valence-corrected chi connectivity index (χ1v) is 22.4. The molecule has 14 rings (SSSR count). The third-order valence-electron chi connectivity index (χ3n) is 13.0. The van der Waals surface area contributed by atoms with Crippen LogP contribution in [0.5, 0.6) is 0 Å². The zero-order valence-corrected chi connectivity index (χ0v) is 35.1. The number of nitrogens with zero attached hydrogens (tertiary/aromatic N) is 4. The summed E-state index contributed by atoms with van der Waals surface area (Å²) < 4.78 is 14.0. The summed E-state index contributed by atoms with van der Waals surface area (Å²) in [6, 6.07) is 72.1. The number of hydrogen-bond acceptors (Lipinski definition) is 4. The number of benzene rings is 9. The van der Waals surface area contributed by atoms with Crippen LogP contribution in [0.15, 0.2) is 211 Å². The minimum absolute atomic E-state index is 0.683.